The molecule has 112 valence electrons. The molecule has 3 nitrogen and oxygen atoms in total. The van der Waals surface area contributed by atoms with Crippen LogP contribution in [0.1, 0.15) is 50.6 Å². The molecule has 0 aromatic heterocycles. The Morgan fingerprint density at radius 2 is 1.82 bits per heavy atom. The van der Waals surface area contributed by atoms with Crippen LogP contribution in [0.2, 0.25) is 0 Å². The van der Waals surface area contributed by atoms with Crippen LogP contribution >= 0.6 is 0 Å². The number of esters is 1. The quantitative estimate of drug-likeness (QED) is 0.638. The number of ether oxygens (including phenoxy) is 1. The predicted octanol–water partition coefficient (Wildman–Crippen LogP) is 3.72. The van der Waals surface area contributed by atoms with E-state index in [1.54, 1.807) is 30.3 Å². The molecule has 1 aliphatic rings. The van der Waals surface area contributed by atoms with Crippen molar-refractivity contribution in [3.05, 3.63) is 70.5 Å². The molecule has 0 aliphatic heterocycles. The first-order valence-corrected chi connectivity index (χ1v) is 7.13. The van der Waals surface area contributed by atoms with Crippen LogP contribution < -0.4 is 0 Å². The van der Waals surface area contributed by atoms with Crippen LogP contribution in [0.5, 0.6) is 0 Å². The van der Waals surface area contributed by atoms with E-state index < -0.39 is 11.8 Å². The van der Waals surface area contributed by atoms with Gasteiger partial charge in [0.15, 0.2) is 5.78 Å². The highest BCUT2D eigenvalue weighted by atomic mass is 19.1. The summed E-state index contributed by atoms with van der Waals surface area (Å²) >= 11 is 0. The van der Waals surface area contributed by atoms with Gasteiger partial charge in [0, 0.05) is 5.56 Å². The molecule has 2 aromatic rings. The Morgan fingerprint density at radius 1 is 1.09 bits per heavy atom. The van der Waals surface area contributed by atoms with Gasteiger partial charge in [-0.05, 0) is 48.6 Å². The van der Waals surface area contributed by atoms with Gasteiger partial charge in [-0.1, -0.05) is 18.2 Å². The van der Waals surface area contributed by atoms with Gasteiger partial charge in [-0.2, -0.15) is 0 Å². The molecule has 1 aliphatic carbocycles. The van der Waals surface area contributed by atoms with Crippen molar-refractivity contribution in [2.75, 3.05) is 7.11 Å². The lowest BCUT2D eigenvalue weighted by molar-refractivity contribution is 0.0599. The monoisotopic (exact) mass is 298 g/mol. The van der Waals surface area contributed by atoms with Gasteiger partial charge in [-0.3, -0.25) is 4.79 Å². The average molecular weight is 298 g/mol. The van der Waals surface area contributed by atoms with Crippen molar-refractivity contribution >= 4 is 11.8 Å². The van der Waals surface area contributed by atoms with E-state index in [4.69, 9.17) is 4.74 Å². The Balaban J connectivity index is 2.02. The van der Waals surface area contributed by atoms with Crippen molar-refractivity contribution in [1.82, 2.24) is 0 Å². The second-order valence-electron chi connectivity index (χ2n) is 5.38. The van der Waals surface area contributed by atoms with Crippen LogP contribution in [0.15, 0.2) is 42.5 Å². The van der Waals surface area contributed by atoms with E-state index in [2.05, 4.69) is 0 Å². The Hall–Kier alpha value is -2.49. The molecule has 1 saturated carbocycles. The van der Waals surface area contributed by atoms with E-state index in [1.165, 1.54) is 19.2 Å². The highest BCUT2D eigenvalue weighted by Gasteiger charge is 2.29. The Bertz CT molecular complexity index is 748. The summed E-state index contributed by atoms with van der Waals surface area (Å²) in [6, 6.07) is 10.7. The molecule has 0 bridgehead atoms. The molecule has 0 atom stereocenters. The van der Waals surface area contributed by atoms with Crippen molar-refractivity contribution in [1.29, 1.82) is 0 Å². The van der Waals surface area contributed by atoms with Crippen LogP contribution in [0.25, 0.3) is 0 Å². The Labute approximate surface area is 127 Å². The smallest absolute Gasteiger partial charge is 0.338 e. The number of carbonyl (C=O) groups is 2. The topological polar surface area (TPSA) is 43.4 Å². The molecular formula is C18H15FO3. The van der Waals surface area contributed by atoms with Crippen molar-refractivity contribution in [2.45, 2.75) is 18.8 Å². The summed E-state index contributed by atoms with van der Waals surface area (Å²) in [6.45, 7) is 0. The second kappa shape index (κ2) is 5.72. The van der Waals surface area contributed by atoms with Crippen molar-refractivity contribution in [3.63, 3.8) is 0 Å². The molecule has 0 unspecified atom stereocenters. The molecule has 0 amide bonds. The van der Waals surface area contributed by atoms with E-state index >= 15 is 0 Å². The minimum absolute atomic E-state index is 0.0371. The summed E-state index contributed by atoms with van der Waals surface area (Å²) in [5.41, 5.74) is 1.72. The number of rotatable bonds is 4. The molecule has 0 N–H and O–H groups in total. The fourth-order valence-corrected chi connectivity index (χ4v) is 2.53. The largest absolute Gasteiger partial charge is 0.465 e. The van der Waals surface area contributed by atoms with Crippen LogP contribution in [-0.4, -0.2) is 18.9 Å². The van der Waals surface area contributed by atoms with E-state index in [-0.39, 0.29) is 17.3 Å². The van der Waals surface area contributed by atoms with Gasteiger partial charge in [-0.15, -0.1) is 0 Å². The van der Waals surface area contributed by atoms with Crippen LogP contribution in [0, 0.1) is 5.82 Å². The predicted molar refractivity (Wildman–Crippen MR) is 79.6 cm³/mol. The van der Waals surface area contributed by atoms with E-state index in [9.17, 15) is 14.0 Å². The minimum atomic E-state index is -0.544. The maximum Gasteiger partial charge on any atom is 0.338 e. The third-order valence-electron chi connectivity index (χ3n) is 3.85. The molecule has 0 heterocycles. The number of halogens is 1. The molecule has 1 fully saturated rings. The third-order valence-corrected chi connectivity index (χ3v) is 3.85. The van der Waals surface area contributed by atoms with Gasteiger partial charge in [0.05, 0.1) is 18.2 Å². The summed E-state index contributed by atoms with van der Waals surface area (Å²) < 4.78 is 18.5. The minimum Gasteiger partial charge on any atom is -0.465 e. The van der Waals surface area contributed by atoms with Crippen LogP contribution in [0.4, 0.5) is 4.39 Å². The molecule has 22 heavy (non-hydrogen) atoms. The summed E-state index contributed by atoms with van der Waals surface area (Å²) in [5.74, 6) is -1.05. The lowest BCUT2D eigenvalue weighted by Gasteiger charge is -2.10. The number of hydrogen-bond donors (Lipinski definition) is 0. The lowest BCUT2D eigenvalue weighted by Crippen LogP contribution is -2.09. The van der Waals surface area contributed by atoms with Crippen molar-refractivity contribution in [2.24, 2.45) is 0 Å². The molecule has 0 spiro atoms. The van der Waals surface area contributed by atoms with Gasteiger partial charge in [0.2, 0.25) is 0 Å². The Kier molecular flexibility index (Phi) is 3.75. The maximum atomic E-state index is 13.8. The first kappa shape index (κ1) is 14.4. The Morgan fingerprint density at radius 3 is 2.45 bits per heavy atom. The van der Waals surface area contributed by atoms with Gasteiger partial charge in [0.1, 0.15) is 5.82 Å². The fraction of sp³-hybridized carbons (Fsp3) is 0.222. The van der Waals surface area contributed by atoms with Crippen LogP contribution in [0.3, 0.4) is 0 Å². The van der Waals surface area contributed by atoms with Crippen molar-refractivity contribution < 1.29 is 18.7 Å². The van der Waals surface area contributed by atoms with Crippen molar-refractivity contribution in [3.8, 4) is 0 Å². The average Bonchev–Trinajstić information content (AvgIpc) is 3.38. The SMILES string of the molecule is COC(=O)c1ccc(C(=O)c2ccccc2F)cc1C1CC1. The van der Waals surface area contributed by atoms with E-state index in [1.807, 2.05) is 0 Å². The fourth-order valence-electron chi connectivity index (χ4n) is 2.53. The summed E-state index contributed by atoms with van der Waals surface area (Å²) in [7, 11) is 1.33. The van der Waals surface area contributed by atoms with Gasteiger partial charge in [-0.25, -0.2) is 9.18 Å². The number of methoxy groups -OCH3 is 1. The first-order chi connectivity index (χ1) is 10.6. The van der Waals surface area contributed by atoms with E-state index in [0.29, 0.717) is 11.1 Å². The van der Waals surface area contributed by atoms with E-state index in [0.717, 1.165) is 18.4 Å². The third kappa shape index (κ3) is 2.64. The zero-order valence-electron chi connectivity index (χ0n) is 12.1. The summed E-state index contributed by atoms with van der Waals surface area (Å²) in [4.78, 5) is 24.3. The molecular weight excluding hydrogens is 283 g/mol. The zero-order chi connectivity index (χ0) is 15.7. The standard InChI is InChI=1S/C18H15FO3/c1-22-18(21)13-9-8-12(10-15(13)11-6-7-11)17(20)14-4-2-3-5-16(14)19/h2-5,8-11H,6-7H2,1H3. The molecule has 0 radical (unpaired) electrons. The lowest BCUT2D eigenvalue weighted by atomic mass is 9.95. The second-order valence-corrected chi connectivity index (χ2v) is 5.38. The number of hydrogen-bond acceptors (Lipinski definition) is 3. The van der Waals surface area contributed by atoms with Gasteiger partial charge in [0.25, 0.3) is 0 Å². The molecule has 3 rings (SSSR count). The van der Waals surface area contributed by atoms with Gasteiger partial charge < -0.3 is 4.74 Å². The maximum absolute atomic E-state index is 13.8. The molecule has 4 heteroatoms. The highest BCUT2D eigenvalue weighted by molar-refractivity contribution is 6.09. The normalized spacial score (nSPS) is 13.7. The summed E-state index contributed by atoms with van der Waals surface area (Å²) in [5, 5.41) is 0. The number of benzene rings is 2. The number of carbonyl (C=O) groups excluding carboxylic acids is 2. The summed E-state index contributed by atoms with van der Waals surface area (Å²) in [6.07, 6.45) is 1.97. The van der Waals surface area contributed by atoms with Crippen LogP contribution in [-0.2, 0) is 4.74 Å². The highest BCUT2D eigenvalue weighted by Crippen LogP contribution is 2.42. The first-order valence-electron chi connectivity index (χ1n) is 7.13. The number of ketones is 1. The zero-order valence-corrected chi connectivity index (χ0v) is 12.1. The molecule has 2 aromatic carbocycles. The van der Waals surface area contributed by atoms with Gasteiger partial charge >= 0.3 is 5.97 Å². The molecule has 0 saturated heterocycles.